The van der Waals surface area contributed by atoms with Crippen molar-refractivity contribution < 1.29 is 9.53 Å². The fourth-order valence-corrected chi connectivity index (χ4v) is 2.93. The Balaban J connectivity index is 1.50. The van der Waals surface area contributed by atoms with Gasteiger partial charge in [-0.3, -0.25) is 9.48 Å². The average Bonchev–Trinajstić information content (AvgIpc) is 3.03. The van der Waals surface area contributed by atoms with Crippen molar-refractivity contribution in [1.82, 2.24) is 15.1 Å². The Labute approximate surface area is 151 Å². The summed E-state index contributed by atoms with van der Waals surface area (Å²) in [6.07, 6.45) is 2.88. The van der Waals surface area contributed by atoms with Crippen LogP contribution in [0.1, 0.15) is 12.0 Å². The van der Waals surface area contributed by atoms with Crippen LogP contribution >= 0.6 is 11.6 Å². The van der Waals surface area contributed by atoms with E-state index in [2.05, 4.69) is 10.4 Å². The molecule has 0 saturated heterocycles. The zero-order chi connectivity index (χ0) is 17.6. The molecule has 1 N–H and O–H groups in total. The molecule has 130 valence electrons. The maximum Gasteiger partial charge on any atom is 0.221 e. The maximum absolute atomic E-state index is 12.0. The predicted octanol–water partition coefficient (Wildman–Crippen LogP) is 3.45. The lowest BCUT2D eigenvalue weighted by molar-refractivity contribution is -0.121. The first kappa shape index (κ1) is 17.3. The van der Waals surface area contributed by atoms with Gasteiger partial charge in [0, 0.05) is 23.4 Å². The van der Waals surface area contributed by atoms with Crippen LogP contribution in [0.3, 0.4) is 0 Å². The van der Waals surface area contributed by atoms with E-state index >= 15 is 0 Å². The molecule has 0 spiro atoms. The van der Waals surface area contributed by atoms with Crippen LogP contribution in [0, 0.1) is 0 Å². The summed E-state index contributed by atoms with van der Waals surface area (Å²) in [6, 6.07) is 13.5. The number of amides is 1. The molecule has 3 rings (SSSR count). The number of ether oxygens (including phenoxy) is 1. The minimum atomic E-state index is 0.00390. The van der Waals surface area contributed by atoms with Crippen molar-refractivity contribution in [1.29, 1.82) is 0 Å². The molecule has 6 heteroatoms. The van der Waals surface area contributed by atoms with Crippen LogP contribution in [0.25, 0.3) is 10.9 Å². The minimum Gasteiger partial charge on any atom is -0.497 e. The number of halogens is 1. The van der Waals surface area contributed by atoms with Gasteiger partial charge in [0.1, 0.15) is 5.75 Å². The summed E-state index contributed by atoms with van der Waals surface area (Å²) < 4.78 is 7.04. The normalized spacial score (nSPS) is 10.8. The number of benzene rings is 2. The fraction of sp³-hybridized carbons (Fsp3) is 0.263. The van der Waals surface area contributed by atoms with Crippen molar-refractivity contribution in [3.05, 3.63) is 59.2 Å². The van der Waals surface area contributed by atoms with E-state index in [0.29, 0.717) is 19.5 Å². The molecule has 0 bridgehead atoms. The molecule has 0 atom stereocenters. The molecular formula is C19H20ClN3O2. The Bertz CT molecular complexity index is 876. The molecule has 5 nitrogen and oxygen atoms in total. The summed E-state index contributed by atoms with van der Waals surface area (Å²) in [5, 5.41) is 9.00. The first-order valence-electron chi connectivity index (χ1n) is 8.17. The molecule has 0 fully saturated rings. The highest BCUT2D eigenvalue weighted by molar-refractivity contribution is 6.31. The van der Waals surface area contributed by atoms with Crippen LogP contribution in [0.4, 0.5) is 0 Å². The van der Waals surface area contributed by atoms with Crippen molar-refractivity contribution in [2.24, 2.45) is 0 Å². The van der Waals surface area contributed by atoms with E-state index in [1.165, 1.54) is 0 Å². The van der Waals surface area contributed by atoms with E-state index in [-0.39, 0.29) is 5.91 Å². The molecule has 0 aliphatic carbocycles. The number of carbonyl (C=O) groups is 1. The van der Waals surface area contributed by atoms with Crippen molar-refractivity contribution in [3.8, 4) is 5.75 Å². The van der Waals surface area contributed by atoms with Gasteiger partial charge >= 0.3 is 0 Å². The highest BCUT2D eigenvalue weighted by Crippen LogP contribution is 2.20. The quantitative estimate of drug-likeness (QED) is 0.704. The number of aromatic nitrogens is 2. The number of carbonyl (C=O) groups excluding carboxylic acids is 1. The second-order valence-corrected chi connectivity index (χ2v) is 6.14. The highest BCUT2D eigenvalue weighted by atomic mass is 35.5. The molecule has 1 amide bonds. The van der Waals surface area contributed by atoms with Crippen LogP contribution in [-0.2, 0) is 17.8 Å². The summed E-state index contributed by atoms with van der Waals surface area (Å²) in [5.74, 6) is 0.800. The third-order valence-electron chi connectivity index (χ3n) is 4.07. The number of aryl methyl sites for hydroxylation is 1. The second kappa shape index (κ2) is 8.03. The molecule has 1 heterocycles. The molecule has 0 saturated carbocycles. The lowest BCUT2D eigenvalue weighted by Crippen LogP contribution is -2.26. The van der Waals surface area contributed by atoms with Gasteiger partial charge in [-0.05, 0) is 36.2 Å². The fourth-order valence-electron chi connectivity index (χ4n) is 2.70. The number of hydrogen-bond donors (Lipinski definition) is 1. The minimum absolute atomic E-state index is 0.00390. The molecular weight excluding hydrogens is 338 g/mol. The van der Waals surface area contributed by atoms with Crippen LogP contribution in [-0.4, -0.2) is 29.3 Å². The maximum atomic E-state index is 12.0. The van der Waals surface area contributed by atoms with Gasteiger partial charge in [-0.2, -0.15) is 5.10 Å². The predicted molar refractivity (Wildman–Crippen MR) is 99.1 cm³/mol. The largest absolute Gasteiger partial charge is 0.497 e. The highest BCUT2D eigenvalue weighted by Gasteiger charge is 2.07. The number of hydrogen-bond acceptors (Lipinski definition) is 3. The Morgan fingerprint density at radius 3 is 2.92 bits per heavy atom. The van der Waals surface area contributed by atoms with Gasteiger partial charge in [-0.15, -0.1) is 0 Å². The first-order valence-corrected chi connectivity index (χ1v) is 8.55. The average molecular weight is 358 g/mol. The van der Waals surface area contributed by atoms with Crippen molar-refractivity contribution in [3.63, 3.8) is 0 Å². The topological polar surface area (TPSA) is 56.2 Å². The monoisotopic (exact) mass is 357 g/mol. The van der Waals surface area contributed by atoms with Crippen LogP contribution in [0.15, 0.2) is 48.7 Å². The zero-order valence-corrected chi connectivity index (χ0v) is 14.8. The van der Waals surface area contributed by atoms with E-state index in [1.54, 1.807) is 13.3 Å². The van der Waals surface area contributed by atoms with E-state index < -0.39 is 0 Å². The Kier molecular flexibility index (Phi) is 5.56. The van der Waals surface area contributed by atoms with Crippen molar-refractivity contribution in [2.75, 3.05) is 13.7 Å². The van der Waals surface area contributed by atoms with Crippen molar-refractivity contribution in [2.45, 2.75) is 19.4 Å². The molecule has 2 aromatic carbocycles. The summed E-state index contributed by atoms with van der Waals surface area (Å²) in [6.45, 7) is 1.10. The zero-order valence-electron chi connectivity index (χ0n) is 14.0. The number of rotatable bonds is 7. The van der Waals surface area contributed by atoms with E-state index in [9.17, 15) is 4.79 Å². The standard InChI is InChI=1S/C19H20ClN3O2/c1-25-16-6-7-18-15(12-16)13-22-23(18)11-9-19(24)21-10-8-14-4-2-3-5-17(14)20/h2-7,12-13H,8-11H2,1H3,(H,21,24). The molecule has 0 radical (unpaired) electrons. The molecule has 3 aromatic rings. The molecule has 25 heavy (non-hydrogen) atoms. The Morgan fingerprint density at radius 2 is 2.12 bits per heavy atom. The first-order chi connectivity index (χ1) is 12.2. The third-order valence-corrected chi connectivity index (χ3v) is 4.44. The smallest absolute Gasteiger partial charge is 0.221 e. The van der Waals surface area contributed by atoms with Gasteiger partial charge in [-0.25, -0.2) is 0 Å². The van der Waals surface area contributed by atoms with Gasteiger partial charge in [0.2, 0.25) is 5.91 Å². The van der Waals surface area contributed by atoms with Gasteiger partial charge in [0.05, 0.1) is 25.4 Å². The molecule has 0 aliphatic heterocycles. The molecule has 0 unspecified atom stereocenters. The van der Waals surface area contributed by atoms with E-state index in [1.807, 2.05) is 47.1 Å². The van der Waals surface area contributed by atoms with Crippen LogP contribution in [0.2, 0.25) is 5.02 Å². The lowest BCUT2D eigenvalue weighted by Gasteiger charge is -2.07. The third kappa shape index (κ3) is 4.31. The SMILES string of the molecule is COc1ccc2c(cnn2CCC(=O)NCCc2ccccc2Cl)c1. The van der Waals surface area contributed by atoms with E-state index in [0.717, 1.165) is 33.7 Å². The van der Waals surface area contributed by atoms with Gasteiger partial charge < -0.3 is 10.1 Å². The Morgan fingerprint density at radius 1 is 1.28 bits per heavy atom. The Hall–Kier alpha value is -2.53. The number of nitrogens with zero attached hydrogens (tertiary/aromatic N) is 2. The van der Waals surface area contributed by atoms with Crippen molar-refractivity contribution >= 4 is 28.4 Å². The van der Waals surface area contributed by atoms with Gasteiger partial charge in [0.15, 0.2) is 0 Å². The van der Waals surface area contributed by atoms with Crippen LogP contribution in [0.5, 0.6) is 5.75 Å². The molecule has 1 aromatic heterocycles. The number of methoxy groups -OCH3 is 1. The van der Waals surface area contributed by atoms with Crippen LogP contribution < -0.4 is 10.1 Å². The number of fused-ring (bicyclic) bond motifs is 1. The summed E-state index contributed by atoms with van der Waals surface area (Å²) in [4.78, 5) is 12.0. The van der Waals surface area contributed by atoms with Gasteiger partial charge in [-0.1, -0.05) is 29.8 Å². The summed E-state index contributed by atoms with van der Waals surface area (Å²) in [5.41, 5.74) is 2.03. The van der Waals surface area contributed by atoms with Gasteiger partial charge in [0.25, 0.3) is 0 Å². The number of nitrogens with one attached hydrogen (secondary N) is 1. The lowest BCUT2D eigenvalue weighted by atomic mass is 10.1. The van der Waals surface area contributed by atoms with E-state index in [4.69, 9.17) is 16.3 Å². The molecule has 0 aliphatic rings. The summed E-state index contributed by atoms with van der Waals surface area (Å²) in [7, 11) is 1.64. The summed E-state index contributed by atoms with van der Waals surface area (Å²) >= 11 is 6.11. The second-order valence-electron chi connectivity index (χ2n) is 5.73.